The van der Waals surface area contributed by atoms with Crippen molar-refractivity contribution in [1.82, 2.24) is 15.1 Å². The third-order valence-corrected chi connectivity index (χ3v) is 6.43. The average Bonchev–Trinajstić information content (AvgIpc) is 3.37. The van der Waals surface area contributed by atoms with Gasteiger partial charge >= 0.3 is 0 Å². The number of aryl methyl sites for hydroxylation is 2. The molecule has 1 amide bonds. The van der Waals surface area contributed by atoms with Crippen LogP contribution in [0.25, 0.3) is 11.3 Å². The van der Waals surface area contributed by atoms with Crippen molar-refractivity contribution in [2.45, 2.75) is 47.1 Å². The molecule has 2 aromatic carbocycles. The fraction of sp³-hybridized carbons (Fsp3) is 0.379. The summed E-state index contributed by atoms with van der Waals surface area (Å²) < 4.78 is 12.0. The number of hydrogen-bond donors (Lipinski definition) is 2. The maximum atomic E-state index is 13.4. The van der Waals surface area contributed by atoms with Gasteiger partial charge in [-0.1, -0.05) is 32.1 Å². The molecule has 1 aliphatic rings. The molecule has 1 aliphatic heterocycles. The molecule has 2 N–H and O–H groups in total. The van der Waals surface area contributed by atoms with Gasteiger partial charge in [0.1, 0.15) is 17.1 Å². The van der Waals surface area contributed by atoms with Crippen LogP contribution in [0.1, 0.15) is 66.0 Å². The molecule has 190 valence electrons. The van der Waals surface area contributed by atoms with Crippen molar-refractivity contribution in [3.63, 3.8) is 0 Å². The quantitative estimate of drug-likeness (QED) is 0.344. The summed E-state index contributed by atoms with van der Waals surface area (Å²) in [5.41, 5.74) is 4.95. The zero-order valence-electron chi connectivity index (χ0n) is 21.7. The maximum absolute atomic E-state index is 13.4. The van der Waals surface area contributed by atoms with Crippen LogP contribution in [0, 0.1) is 19.8 Å². The fourth-order valence-electron chi connectivity index (χ4n) is 4.70. The zero-order valence-corrected chi connectivity index (χ0v) is 21.7. The topological polar surface area (TPSA) is 87.7 Å². The number of phenols is 1. The van der Waals surface area contributed by atoms with Crippen LogP contribution in [-0.2, 0) is 0 Å². The Bertz CT molecular complexity index is 1280. The predicted octanol–water partition coefficient (Wildman–Crippen LogP) is 5.95. The van der Waals surface area contributed by atoms with Gasteiger partial charge in [-0.3, -0.25) is 9.89 Å². The third kappa shape index (κ3) is 4.70. The molecule has 2 heterocycles. The number of carbonyl (C=O) groups excluding carboxylic acids is 1. The van der Waals surface area contributed by atoms with E-state index in [-0.39, 0.29) is 11.7 Å². The summed E-state index contributed by atoms with van der Waals surface area (Å²) in [7, 11) is 0. The predicted molar refractivity (Wildman–Crippen MR) is 141 cm³/mol. The van der Waals surface area contributed by atoms with Crippen molar-refractivity contribution in [2.24, 2.45) is 5.92 Å². The Kier molecular flexibility index (Phi) is 7.38. The van der Waals surface area contributed by atoms with Crippen LogP contribution in [0.15, 0.2) is 43.0 Å². The number of ether oxygens (including phenoxy) is 2. The largest absolute Gasteiger partial charge is 0.507 e. The molecule has 0 fully saturated rings. The molecule has 0 bridgehead atoms. The van der Waals surface area contributed by atoms with Gasteiger partial charge in [0.15, 0.2) is 11.5 Å². The van der Waals surface area contributed by atoms with Gasteiger partial charge < -0.3 is 19.5 Å². The number of aromatic amines is 1. The first-order valence-electron chi connectivity index (χ1n) is 12.5. The van der Waals surface area contributed by atoms with Gasteiger partial charge in [0.25, 0.3) is 5.91 Å². The highest BCUT2D eigenvalue weighted by molar-refractivity contribution is 6.00. The number of amides is 1. The number of carbonyl (C=O) groups is 1. The lowest BCUT2D eigenvalue weighted by atomic mass is 9.94. The second-order valence-electron chi connectivity index (χ2n) is 9.66. The molecule has 0 aliphatic carbocycles. The number of phenolic OH excluding ortho intramolecular Hbond substituents is 1. The zero-order chi connectivity index (χ0) is 26.0. The van der Waals surface area contributed by atoms with Crippen molar-refractivity contribution in [3.8, 4) is 28.5 Å². The number of fused-ring (bicyclic) bond motifs is 1. The van der Waals surface area contributed by atoms with E-state index in [1.807, 2.05) is 51.1 Å². The number of rotatable bonds is 10. The molecule has 1 unspecified atom stereocenters. The van der Waals surface area contributed by atoms with E-state index in [1.165, 1.54) is 0 Å². The first-order chi connectivity index (χ1) is 17.3. The van der Waals surface area contributed by atoms with Crippen LogP contribution in [-0.4, -0.2) is 45.9 Å². The summed E-state index contributed by atoms with van der Waals surface area (Å²) >= 11 is 0. The molecule has 1 aromatic heterocycles. The molecular weight excluding hydrogens is 454 g/mol. The Morgan fingerprint density at radius 3 is 2.67 bits per heavy atom. The van der Waals surface area contributed by atoms with Crippen molar-refractivity contribution in [1.29, 1.82) is 0 Å². The van der Waals surface area contributed by atoms with E-state index >= 15 is 0 Å². The number of aromatic hydroxyl groups is 1. The molecule has 0 radical (unpaired) electrons. The van der Waals surface area contributed by atoms with Crippen LogP contribution in [0.3, 0.4) is 0 Å². The fourth-order valence-corrected chi connectivity index (χ4v) is 4.70. The van der Waals surface area contributed by atoms with E-state index in [4.69, 9.17) is 9.47 Å². The number of nitrogens with one attached hydrogen (secondary N) is 1. The van der Waals surface area contributed by atoms with Gasteiger partial charge in [0.2, 0.25) is 0 Å². The Labute approximate surface area is 212 Å². The first-order valence-corrected chi connectivity index (χ1v) is 12.5. The van der Waals surface area contributed by atoms with Gasteiger partial charge in [-0.15, -0.1) is 6.58 Å². The summed E-state index contributed by atoms with van der Waals surface area (Å²) in [5, 5.41) is 18.3. The summed E-state index contributed by atoms with van der Waals surface area (Å²) in [6.07, 6.45) is 2.66. The van der Waals surface area contributed by atoms with E-state index in [0.717, 1.165) is 28.7 Å². The van der Waals surface area contributed by atoms with E-state index in [1.54, 1.807) is 11.0 Å². The van der Waals surface area contributed by atoms with Gasteiger partial charge in [-0.25, -0.2) is 0 Å². The molecule has 3 aromatic rings. The molecule has 0 saturated heterocycles. The second-order valence-corrected chi connectivity index (χ2v) is 9.66. The summed E-state index contributed by atoms with van der Waals surface area (Å²) in [6.45, 7) is 15.4. The second kappa shape index (κ2) is 10.5. The van der Waals surface area contributed by atoms with E-state index in [9.17, 15) is 9.90 Å². The summed E-state index contributed by atoms with van der Waals surface area (Å²) in [5.74, 6) is 1.86. The molecule has 36 heavy (non-hydrogen) atoms. The smallest absolute Gasteiger partial charge is 0.273 e. The van der Waals surface area contributed by atoms with Gasteiger partial charge in [-0.05, 0) is 68.0 Å². The third-order valence-electron chi connectivity index (χ3n) is 6.43. The lowest BCUT2D eigenvalue weighted by Gasteiger charge is -2.26. The number of H-pyrrole nitrogens is 1. The summed E-state index contributed by atoms with van der Waals surface area (Å²) in [4.78, 5) is 15.2. The lowest BCUT2D eigenvalue weighted by Crippen LogP contribution is -2.29. The van der Waals surface area contributed by atoms with Crippen molar-refractivity contribution >= 4 is 5.91 Å². The lowest BCUT2D eigenvalue weighted by molar-refractivity contribution is 0.0764. The van der Waals surface area contributed by atoms with Crippen LogP contribution >= 0.6 is 0 Å². The highest BCUT2D eigenvalue weighted by atomic mass is 16.5. The minimum Gasteiger partial charge on any atom is -0.507 e. The first kappa shape index (κ1) is 25.4. The van der Waals surface area contributed by atoms with Crippen LogP contribution in [0.5, 0.6) is 17.2 Å². The van der Waals surface area contributed by atoms with Crippen molar-refractivity contribution < 1.29 is 19.4 Å². The van der Waals surface area contributed by atoms with Gasteiger partial charge in [0.05, 0.1) is 19.3 Å². The molecule has 7 heteroatoms. The Balaban J connectivity index is 1.83. The van der Waals surface area contributed by atoms with E-state index in [2.05, 4.69) is 30.6 Å². The molecule has 0 saturated carbocycles. The van der Waals surface area contributed by atoms with E-state index in [0.29, 0.717) is 54.1 Å². The SMILES string of the molecule is C=CCN1C(=O)c2[nH]nc(-c3cc(C)cc(C)c3O)c2C1c1ccc(OCCC(C)C)c(OCC)c1. The average molecular weight is 490 g/mol. The maximum Gasteiger partial charge on any atom is 0.273 e. The Morgan fingerprint density at radius 2 is 1.97 bits per heavy atom. The molecule has 4 rings (SSSR count). The highest BCUT2D eigenvalue weighted by Gasteiger charge is 2.42. The number of hydrogen-bond acceptors (Lipinski definition) is 5. The van der Waals surface area contributed by atoms with Crippen molar-refractivity contribution in [2.75, 3.05) is 19.8 Å². The van der Waals surface area contributed by atoms with Crippen LogP contribution in [0.2, 0.25) is 0 Å². The number of nitrogens with zero attached hydrogens (tertiary/aromatic N) is 2. The van der Waals surface area contributed by atoms with E-state index < -0.39 is 6.04 Å². The monoisotopic (exact) mass is 489 g/mol. The van der Waals surface area contributed by atoms with Crippen molar-refractivity contribution in [3.05, 3.63) is 70.9 Å². The summed E-state index contributed by atoms with van der Waals surface area (Å²) in [6, 6.07) is 9.20. The van der Waals surface area contributed by atoms with Crippen LogP contribution < -0.4 is 9.47 Å². The Hall–Kier alpha value is -3.74. The number of benzene rings is 2. The normalized spacial score (nSPS) is 14.9. The molecule has 0 spiro atoms. The minimum absolute atomic E-state index is 0.159. The highest BCUT2D eigenvalue weighted by Crippen LogP contribution is 2.46. The Morgan fingerprint density at radius 1 is 1.19 bits per heavy atom. The van der Waals surface area contributed by atoms with Gasteiger partial charge in [-0.2, -0.15) is 5.10 Å². The molecule has 1 atom stereocenters. The van der Waals surface area contributed by atoms with Crippen LogP contribution in [0.4, 0.5) is 0 Å². The molecular formula is C29H35N3O4. The minimum atomic E-state index is -0.427. The number of aromatic nitrogens is 2. The van der Waals surface area contributed by atoms with Gasteiger partial charge in [0, 0.05) is 17.7 Å². The standard InChI is InChI=1S/C29H35N3O4/c1-7-12-32-27(20-9-10-22(23(16-20)35-8-2)36-13-11-17(3)4)24-25(30-31-26(24)29(32)34)21-15-18(5)14-19(6)28(21)33/h7,9-10,14-17,27,33H,1,8,11-13H2,2-6H3,(H,30,31). The molecule has 7 nitrogen and oxygen atoms in total.